The van der Waals surface area contributed by atoms with Gasteiger partial charge in [0.2, 0.25) is 0 Å². The van der Waals surface area contributed by atoms with Crippen LogP contribution >= 0.6 is 0 Å². The number of sulfone groups is 1. The molecule has 0 saturated heterocycles. The van der Waals surface area contributed by atoms with Crippen LogP contribution in [0.4, 0.5) is 4.79 Å². The van der Waals surface area contributed by atoms with Gasteiger partial charge >= 0.3 is 23.9 Å². The van der Waals surface area contributed by atoms with Crippen LogP contribution in [0.15, 0.2) is 41.3 Å². The number of hydrogen-bond acceptors (Lipinski definition) is 10. The maximum absolute atomic E-state index is 14.1. The van der Waals surface area contributed by atoms with Crippen molar-refractivity contribution in [3.05, 3.63) is 36.4 Å². The predicted molar refractivity (Wildman–Crippen MR) is 149 cm³/mol. The van der Waals surface area contributed by atoms with Gasteiger partial charge in [-0.25, -0.2) is 27.7 Å². The van der Waals surface area contributed by atoms with Crippen molar-refractivity contribution in [2.24, 2.45) is 0 Å². The Morgan fingerprint density at radius 3 is 1.75 bits per heavy atom. The molecule has 2 rings (SSSR count). The molecule has 2 amide bonds. The fraction of sp³-hybridized carbons (Fsp3) is 0.593. The number of urea groups is 1. The zero-order chi connectivity index (χ0) is 30.1. The maximum atomic E-state index is 14.1. The first-order valence-corrected chi connectivity index (χ1v) is 15.0. The number of cyclic esters (lactones) is 2. The van der Waals surface area contributed by atoms with Crippen molar-refractivity contribution < 1.29 is 37.0 Å². The summed E-state index contributed by atoms with van der Waals surface area (Å²) in [4.78, 5) is 46.3. The van der Waals surface area contributed by atoms with Crippen LogP contribution in [0.2, 0.25) is 0 Å². The summed E-state index contributed by atoms with van der Waals surface area (Å²) >= 11 is 0. The second-order valence-corrected chi connectivity index (χ2v) is 12.5. The summed E-state index contributed by atoms with van der Waals surface area (Å²) in [5.41, 5.74) is 0. The molecule has 12 nitrogen and oxygen atoms in total. The largest absolute Gasteiger partial charge is 0.483 e. The monoisotopic (exact) mass is 582 g/mol. The number of benzene rings is 1. The Morgan fingerprint density at radius 1 is 0.875 bits per heavy atom. The summed E-state index contributed by atoms with van der Waals surface area (Å²) in [6.45, 7) is 5.26. The molecule has 0 radical (unpaired) electrons. The smallest absolute Gasteiger partial charge is 0.382 e. The van der Waals surface area contributed by atoms with E-state index in [1.54, 1.807) is 18.7 Å². The van der Waals surface area contributed by atoms with Gasteiger partial charge in [-0.3, -0.25) is 0 Å². The molecule has 1 aromatic carbocycles. The first kappa shape index (κ1) is 33.0. The minimum atomic E-state index is -3.43. The second-order valence-electron chi connectivity index (χ2n) is 10.5. The van der Waals surface area contributed by atoms with E-state index in [1.165, 1.54) is 29.2 Å². The molecule has 1 aliphatic heterocycles. The molecule has 0 N–H and O–H groups in total. The lowest BCUT2D eigenvalue weighted by molar-refractivity contribution is -0.285. The van der Waals surface area contributed by atoms with E-state index in [2.05, 4.69) is 0 Å². The van der Waals surface area contributed by atoms with Gasteiger partial charge in [-0.05, 0) is 92.2 Å². The number of carbonyl (C=O) groups excluding carboxylic acids is 3. The molecule has 0 unspecified atom stereocenters. The highest BCUT2D eigenvalue weighted by molar-refractivity contribution is 7.90. The molecule has 1 heterocycles. The fourth-order valence-corrected chi connectivity index (χ4v) is 4.73. The summed E-state index contributed by atoms with van der Waals surface area (Å²) in [6.07, 6.45) is 4.35. The minimum Gasteiger partial charge on any atom is -0.483 e. The third-order valence-corrected chi connectivity index (χ3v) is 7.10. The van der Waals surface area contributed by atoms with E-state index in [-0.39, 0.29) is 10.6 Å². The molecule has 0 saturated carbocycles. The standard InChI is InChI=1S/C27H42N4O8S/c1-21(2)31(26(34)30(18-8-16-28(3)4)19-9-17-29(5)6)27(38-24(32)14-15-25(33)39-27)20-37-22-10-12-23(13-11-22)40(7,35)36/h10-15,21H,8-9,16-20H2,1-7H3. The SMILES string of the molecule is CC(C)N(C(=O)N(CCCN(C)C)CCCN(C)C)C1(COc2ccc(S(C)(=O)=O)cc2)OC(=O)C=CC(=O)O1. The van der Waals surface area contributed by atoms with Crippen molar-refractivity contribution in [3.8, 4) is 5.75 Å². The van der Waals surface area contributed by atoms with Crippen LogP contribution in [0, 0.1) is 0 Å². The number of amides is 2. The van der Waals surface area contributed by atoms with E-state index < -0.39 is 46.4 Å². The van der Waals surface area contributed by atoms with Crippen LogP contribution in [-0.2, 0) is 28.9 Å². The van der Waals surface area contributed by atoms with E-state index in [0.717, 1.165) is 31.5 Å². The van der Waals surface area contributed by atoms with Gasteiger partial charge in [-0.1, -0.05) is 0 Å². The van der Waals surface area contributed by atoms with Crippen molar-refractivity contribution in [2.75, 3.05) is 67.2 Å². The van der Waals surface area contributed by atoms with Crippen LogP contribution in [0.5, 0.6) is 5.75 Å². The number of nitrogens with zero attached hydrogens (tertiary/aromatic N) is 4. The summed E-state index contributed by atoms with van der Waals surface area (Å²) in [5, 5.41) is 0. The number of hydrogen-bond donors (Lipinski definition) is 0. The van der Waals surface area contributed by atoms with Crippen LogP contribution in [-0.4, -0.2) is 125 Å². The van der Waals surface area contributed by atoms with Crippen molar-refractivity contribution in [1.82, 2.24) is 19.6 Å². The molecule has 1 aliphatic rings. The average molecular weight is 583 g/mol. The zero-order valence-corrected chi connectivity index (χ0v) is 25.3. The topological polar surface area (TPSA) is 126 Å². The molecule has 40 heavy (non-hydrogen) atoms. The van der Waals surface area contributed by atoms with Crippen LogP contribution in [0.25, 0.3) is 0 Å². The minimum absolute atomic E-state index is 0.0937. The van der Waals surface area contributed by atoms with Crippen molar-refractivity contribution in [3.63, 3.8) is 0 Å². The van der Waals surface area contributed by atoms with E-state index >= 15 is 0 Å². The molecule has 0 bridgehead atoms. The highest BCUT2D eigenvalue weighted by atomic mass is 32.2. The third-order valence-electron chi connectivity index (χ3n) is 5.98. The van der Waals surface area contributed by atoms with Gasteiger partial charge in [0, 0.05) is 37.5 Å². The maximum Gasteiger partial charge on any atom is 0.382 e. The molecule has 13 heteroatoms. The summed E-state index contributed by atoms with van der Waals surface area (Å²) in [7, 11) is 4.37. The van der Waals surface area contributed by atoms with Crippen LogP contribution in [0.3, 0.4) is 0 Å². The zero-order valence-electron chi connectivity index (χ0n) is 24.5. The van der Waals surface area contributed by atoms with Gasteiger partial charge in [0.05, 0.1) is 4.90 Å². The Kier molecular flexibility index (Phi) is 12.0. The van der Waals surface area contributed by atoms with E-state index in [9.17, 15) is 22.8 Å². The second kappa shape index (κ2) is 14.5. The van der Waals surface area contributed by atoms with Gasteiger partial charge in [0.15, 0.2) is 16.4 Å². The highest BCUT2D eigenvalue weighted by Crippen LogP contribution is 2.29. The highest BCUT2D eigenvalue weighted by Gasteiger charge is 2.52. The molecular formula is C27H42N4O8S. The number of ether oxygens (including phenoxy) is 3. The lowest BCUT2D eigenvalue weighted by Gasteiger charge is -2.44. The Morgan fingerprint density at radius 2 is 1.35 bits per heavy atom. The fourth-order valence-electron chi connectivity index (χ4n) is 4.09. The Balaban J connectivity index is 2.44. The molecule has 0 spiro atoms. The molecular weight excluding hydrogens is 540 g/mol. The Bertz CT molecular complexity index is 1120. The van der Waals surface area contributed by atoms with Gasteiger partial charge in [0.1, 0.15) is 5.75 Å². The van der Waals surface area contributed by atoms with Gasteiger partial charge < -0.3 is 28.9 Å². The van der Waals surface area contributed by atoms with Crippen LogP contribution in [0.1, 0.15) is 26.7 Å². The first-order valence-electron chi connectivity index (χ1n) is 13.1. The Hall–Kier alpha value is -3.16. The molecule has 0 fully saturated rings. The lowest BCUT2D eigenvalue weighted by Crippen LogP contribution is -2.65. The molecule has 1 aromatic rings. The van der Waals surface area contributed by atoms with Crippen LogP contribution < -0.4 is 4.74 Å². The number of esters is 2. The van der Waals surface area contributed by atoms with Crippen molar-refractivity contribution in [2.45, 2.75) is 43.5 Å². The van der Waals surface area contributed by atoms with E-state index in [4.69, 9.17) is 14.2 Å². The number of carbonyl (C=O) groups is 3. The summed E-state index contributed by atoms with van der Waals surface area (Å²) in [5.74, 6) is -3.76. The molecule has 0 aliphatic carbocycles. The van der Waals surface area contributed by atoms with Crippen molar-refractivity contribution >= 4 is 27.8 Å². The van der Waals surface area contributed by atoms with Gasteiger partial charge in [-0.2, -0.15) is 0 Å². The average Bonchev–Trinajstić information content (AvgIpc) is 2.98. The van der Waals surface area contributed by atoms with E-state index in [1.807, 2.05) is 38.0 Å². The normalized spacial score (nSPS) is 15.2. The molecule has 0 atom stereocenters. The first-order chi connectivity index (χ1) is 18.6. The third kappa shape index (κ3) is 9.79. The summed E-state index contributed by atoms with van der Waals surface area (Å²) in [6, 6.07) is 4.54. The van der Waals surface area contributed by atoms with E-state index in [0.29, 0.717) is 25.9 Å². The van der Waals surface area contributed by atoms with Gasteiger partial charge in [0.25, 0.3) is 0 Å². The quantitative estimate of drug-likeness (QED) is 0.300. The predicted octanol–water partition coefficient (Wildman–Crippen LogP) is 1.81. The summed E-state index contributed by atoms with van der Waals surface area (Å²) < 4.78 is 40.7. The molecule has 224 valence electrons. The number of rotatable bonds is 14. The Labute approximate surface area is 237 Å². The van der Waals surface area contributed by atoms with Crippen molar-refractivity contribution in [1.29, 1.82) is 0 Å². The van der Waals surface area contributed by atoms with Gasteiger partial charge in [-0.15, -0.1) is 0 Å². The lowest BCUT2D eigenvalue weighted by atomic mass is 10.2. The molecule has 0 aromatic heterocycles.